The van der Waals surface area contributed by atoms with E-state index in [0.29, 0.717) is 0 Å². The second kappa shape index (κ2) is 8.34. The first-order valence-electron chi connectivity index (χ1n) is 8.84. The first kappa shape index (κ1) is 17.7. The highest BCUT2D eigenvalue weighted by molar-refractivity contribution is 7.11. The van der Waals surface area contributed by atoms with E-state index in [1.807, 2.05) is 13.2 Å². The minimum absolute atomic E-state index is 0.785. The molecule has 2 aromatic rings. The lowest BCUT2D eigenvalue weighted by atomic mass is 9.99. The number of thiazole rings is 1. The molecule has 1 aliphatic rings. The highest BCUT2D eigenvalue weighted by Gasteiger charge is 2.13. The van der Waals surface area contributed by atoms with E-state index < -0.39 is 0 Å². The zero-order valence-electron chi connectivity index (χ0n) is 15.3. The average Bonchev–Trinajstić information content (AvgIpc) is 3.03. The van der Waals surface area contributed by atoms with E-state index in [-0.39, 0.29) is 0 Å². The van der Waals surface area contributed by atoms with Crippen LogP contribution in [0.5, 0.6) is 0 Å². The molecule has 0 unspecified atom stereocenters. The fraction of sp³-hybridized carbons (Fsp3) is 0.474. The highest BCUT2D eigenvalue weighted by atomic mass is 32.1. The van der Waals surface area contributed by atoms with Crippen molar-refractivity contribution in [2.75, 3.05) is 32.1 Å². The number of anilines is 1. The smallest absolute Gasteiger partial charge is 0.191 e. The molecule has 0 fully saturated rings. The molecule has 1 aromatic carbocycles. The fourth-order valence-corrected chi connectivity index (χ4v) is 3.95. The Morgan fingerprint density at radius 1 is 1.36 bits per heavy atom. The largest absolute Gasteiger partial charge is 0.374 e. The van der Waals surface area contributed by atoms with Crippen molar-refractivity contribution in [3.63, 3.8) is 0 Å². The second-order valence-corrected chi connectivity index (χ2v) is 7.77. The van der Waals surface area contributed by atoms with Crippen molar-refractivity contribution in [1.29, 1.82) is 0 Å². The molecule has 0 amide bonds. The quantitative estimate of drug-likeness (QED) is 0.638. The maximum atomic E-state index is 4.39. The van der Waals surface area contributed by atoms with Crippen LogP contribution in [0.3, 0.4) is 0 Å². The van der Waals surface area contributed by atoms with Crippen molar-refractivity contribution in [2.24, 2.45) is 4.99 Å². The molecule has 2 heterocycles. The molecule has 5 nitrogen and oxygen atoms in total. The lowest BCUT2D eigenvalue weighted by Crippen LogP contribution is -2.37. The molecule has 1 aliphatic heterocycles. The van der Waals surface area contributed by atoms with Gasteiger partial charge in [-0.15, -0.1) is 11.3 Å². The molecule has 0 saturated heterocycles. The lowest BCUT2D eigenvalue weighted by Gasteiger charge is -2.28. The number of nitrogens with zero attached hydrogens (tertiary/aromatic N) is 3. The monoisotopic (exact) mass is 357 g/mol. The molecule has 1 aromatic heterocycles. The number of nitrogens with one attached hydrogen (secondary N) is 2. The minimum atomic E-state index is 0.785. The molecular formula is C19H27N5S. The van der Waals surface area contributed by atoms with Gasteiger partial charge in [0.05, 0.1) is 5.01 Å². The van der Waals surface area contributed by atoms with Crippen molar-refractivity contribution in [1.82, 2.24) is 15.6 Å². The number of rotatable bonds is 5. The standard InChI is InChI=1S/C19H27N5S/c1-14-12-22-18(25-14)8-9-21-19(20-2)23-13-15-6-7-17-16(11-15)5-4-10-24(17)3/h6-7,11-12H,4-5,8-10,13H2,1-3H3,(H2,20,21,23). The number of guanidine groups is 1. The number of aryl methyl sites for hydroxylation is 2. The predicted octanol–water partition coefficient (Wildman–Crippen LogP) is 2.74. The van der Waals surface area contributed by atoms with Gasteiger partial charge >= 0.3 is 0 Å². The zero-order chi connectivity index (χ0) is 17.6. The summed E-state index contributed by atoms with van der Waals surface area (Å²) in [5.41, 5.74) is 4.12. The summed E-state index contributed by atoms with van der Waals surface area (Å²) in [4.78, 5) is 12.3. The third-order valence-electron chi connectivity index (χ3n) is 4.48. The van der Waals surface area contributed by atoms with Crippen LogP contribution in [-0.2, 0) is 19.4 Å². The van der Waals surface area contributed by atoms with Gasteiger partial charge in [0.25, 0.3) is 0 Å². The van der Waals surface area contributed by atoms with Crippen molar-refractivity contribution in [3.05, 3.63) is 45.4 Å². The molecule has 25 heavy (non-hydrogen) atoms. The van der Waals surface area contributed by atoms with Gasteiger partial charge in [0, 0.05) is 56.9 Å². The van der Waals surface area contributed by atoms with E-state index in [2.05, 4.69) is 57.7 Å². The fourth-order valence-electron chi connectivity index (χ4n) is 3.16. The van der Waals surface area contributed by atoms with Crippen LogP contribution < -0.4 is 15.5 Å². The third-order valence-corrected chi connectivity index (χ3v) is 5.45. The molecule has 0 atom stereocenters. The van der Waals surface area contributed by atoms with E-state index in [4.69, 9.17) is 0 Å². The number of aliphatic imine (C=N–C) groups is 1. The van der Waals surface area contributed by atoms with Crippen LogP contribution in [0.25, 0.3) is 0 Å². The lowest BCUT2D eigenvalue weighted by molar-refractivity contribution is 0.740. The van der Waals surface area contributed by atoms with Crippen molar-refractivity contribution >= 4 is 23.0 Å². The van der Waals surface area contributed by atoms with Crippen LogP contribution in [0, 0.1) is 6.92 Å². The Balaban J connectivity index is 1.49. The van der Waals surface area contributed by atoms with Gasteiger partial charge in [-0.1, -0.05) is 12.1 Å². The van der Waals surface area contributed by atoms with Crippen molar-refractivity contribution in [3.8, 4) is 0 Å². The summed E-state index contributed by atoms with van der Waals surface area (Å²) in [5, 5.41) is 7.93. The van der Waals surface area contributed by atoms with Crippen LogP contribution in [0.15, 0.2) is 29.4 Å². The van der Waals surface area contributed by atoms with Gasteiger partial charge in [-0.25, -0.2) is 4.98 Å². The number of benzene rings is 1. The van der Waals surface area contributed by atoms with Gasteiger partial charge in [0.15, 0.2) is 5.96 Å². The molecule has 134 valence electrons. The van der Waals surface area contributed by atoms with E-state index in [1.54, 1.807) is 11.3 Å². The van der Waals surface area contributed by atoms with Crippen LogP contribution in [0.4, 0.5) is 5.69 Å². The van der Waals surface area contributed by atoms with Crippen LogP contribution in [-0.4, -0.2) is 38.1 Å². The van der Waals surface area contributed by atoms with E-state index in [1.165, 1.54) is 39.5 Å². The normalized spacial score (nSPS) is 14.4. The van der Waals surface area contributed by atoms with Gasteiger partial charge in [-0.3, -0.25) is 4.99 Å². The van der Waals surface area contributed by atoms with Crippen LogP contribution in [0.1, 0.15) is 27.4 Å². The zero-order valence-corrected chi connectivity index (χ0v) is 16.1. The Morgan fingerprint density at radius 3 is 3.00 bits per heavy atom. The topological polar surface area (TPSA) is 52.6 Å². The summed E-state index contributed by atoms with van der Waals surface area (Å²) in [5.74, 6) is 0.836. The molecule has 0 aliphatic carbocycles. The molecule has 3 rings (SSSR count). The average molecular weight is 358 g/mol. The maximum Gasteiger partial charge on any atom is 0.191 e. The number of hydrogen-bond donors (Lipinski definition) is 2. The molecule has 0 bridgehead atoms. The van der Waals surface area contributed by atoms with Crippen LogP contribution in [0.2, 0.25) is 0 Å². The SMILES string of the molecule is CN=C(NCCc1ncc(C)s1)NCc1ccc2c(c1)CCCN2C. The Kier molecular flexibility index (Phi) is 5.91. The number of hydrogen-bond acceptors (Lipinski definition) is 4. The van der Waals surface area contributed by atoms with Crippen molar-refractivity contribution in [2.45, 2.75) is 32.7 Å². The van der Waals surface area contributed by atoms with Gasteiger partial charge in [-0.2, -0.15) is 0 Å². The Hall–Kier alpha value is -2.08. The van der Waals surface area contributed by atoms with Gasteiger partial charge < -0.3 is 15.5 Å². The van der Waals surface area contributed by atoms with E-state index >= 15 is 0 Å². The third kappa shape index (κ3) is 4.72. The summed E-state index contributed by atoms with van der Waals surface area (Å²) in [6.07, 6.45) is 5.26. The van der Waals surface area contributed by atoms with E-state index in [0.717, 1.165) is 32.0 Å². The molecule has 0 spiro atoms. The second-order valence-electron chi connectivity index (χ2n) is 6.46. The number of fused-ring (bicyclic) bond motifs is 1. The van der Waals surface area contributed by atoms with Crippen molar-refractivity contribution < 1.29 is 0 Å². The predicted molar refractivity (Wildman–Crippen MR) is 107 cm³/mol. The van der Waals surface area contributed by atoms with Crippen LogP contribution >= 0.6 is 11.3 Å². The number of aromatic nitrogens is 1. The van der Waals surface area contributed by atoms with Gasteiger partial charge in [0.1, 0.15) is 0 Å². The molecule has 6 heteroatoms. The minimum Gasteiger partial charge on any atom is -0.374 e. The first-order valence-corrected chi connectivity index (χ1v) is 9.66. The van der Waals surface area contributed by atoms with Gasteiger partial charge in [0.2, 0.25) is 0 Å². The maximum absolute atomic E-state index is 4.39. The molecule has 2 N–H and O–H groups in total. The summed E-state index contributed by atoms with van der Waals surface area (Å²) < 4.78 is 0. The molecule has 0 saturated carbocycles. The summed E-state index contributed by atoms with van der Waals surface area (Å²) in [6, 6.07) is 6.77. The molecule has 0 radical (unpaired) electrons. The first-order chi connectivity index (χ1) is 12.2. The van der Waals surface area contributed by atoms with E-state index in [9.17, 15) is 0 Å². The highest BCUT2D eigenvalue weighted by Crippen LogP contribution is 2.26. The summed E-state index contributed by atoms with van der Waals surface area (Å²) >= 11 is 1.76. The Morgan fingerprint density at radius 2 is 2.24 bits per heavy atom. The Bertz CT molecular complexity index is 737. The summed E-state index contributed by atoms with van der Waals surface area (Å²) in [6.45, 7) is 4.86. The summed E-state index contributed by atoms with van der Waals surface area (Å²) in [7, 11) is 3.98. The van der Waals surface area contributed by atoms with Gasteiger partial charge in [-0.05, 0) is 37.0 Å². The molecular weight excluding hydrogens is 330 g/mol. The Labute approximate surface area is 154 Å².